The summed E-state index contributed by atoms with van der Waals surface area (Å²) in [5.41, 5.74) is 3.26. The molecule has 4 nitrogen and oxygen atoms in total. The van der Waals surface area contributed by atoms with Crippen LogP contribution in [0.3, 0.4) is 0 Å². The summed E-state index contributed by atoms with van der Waals surface area (Å²) in [5.74, 6) is 0. The van der Waals surface area contributed by atoms with Gasteiger partial charge in [0.25, 0.3) is 0 Å². The van der Waals surface area contributed by atoms with E-state index in [1.165, 1.54) is 0 Å². The van der Waals surface area contributed by atoms with E-state index in [4.69, 9.17) is 4.74 Å². The lowest BCUT2D eigenvalue weighted by atomic mass is 10.1. The lowest BCUT2D eigenvalue weighted by molar-refractivity contribution is 0.145. The highest BCUT2D eigenvalue weighted by molar-refractivity contribution is 14.1. The summed E-state index contributed by atoms with van der Waals surface area (Å²) < 4.78 is 6.37. The molecule has 0 saturated carbocycles. The zero-order valence-corrected chi connectivity index (χ0v) is 15.0. The molecule has 1 heterocycles. The molecule has 0 radical (unpaired) electrons. The quantitative estimate of drug-likeness (QED) is 0.558. The molecule has 0 spiro atoms. The Labute approximate surface area is 144 Å². The van der Waals surface area contributed by atoms with Crippen LogP contribution in [-0.4, -0.2) is 29.7 Å². The Kier molecular flexibility index (Phi) is 5.75. The van der Waals surface area contributed by atoms with Gasteiger partial charge >= 0.3 is 0 Å². The molecule has 2 aromatic rings. The van der Waals surface area contributed by atoms with E-state index in [0.717, 1.165) is 26.7 Å². The molecule has 114 valence electrons. The standard InChI is InChI=1S/C17H18IN3O/c1-12(22-3)16(8-9-18)21(2)17-10-13(11-19)20-15-7-5-4-6-14(15)17/h4-8,10,12H,9H2,1-3H3/b16-8+/t12-/m0/s1. The molecule has 0 N–H and O–H groups in total. The van der Waals surface area contributed by atoms with E-state index < -0.39 is 0 Å². The molecular weight excluding hydrogens is 389 g/mol. The number of allylic oxidation sites excluding steroid dienone is 1. The summed E-state index contributed by atoms with van der Waals surface area (Å²) >= 11 is 2.31. The van der Waals surface area contributed by atoms with Gasteiger partial charge in [0.15, 0.2) is 0 Å². The maximum atomic E-state index is 9.23. The monoisotopic (exact) mass is 407 g/mol. The third-order valence-electron chi connectivity index (χ3n) is 3.61. The van der Waals surface area contributed by atoms with Crippen molar-refractivity contribution in [2.75, 3.05) is 23.5 Å². The van der Waals surface area contributed by atoms with Crippen molar-refractivity contribution >= 4 is 39.2 Å². The van der Waals surface area contributed by atoms with Crippen LogP contribution in [0.5, 0.6) is 0 Å². The van der Waals surface area contributed by atoms with Gasteiger partial charge in [0.05, 0.1) is 17.3 Å². The third kappa shape index (κ3) is 3.39. The van der Waals surface area contributed by atoms with E-state index in [0.29, 0.717) is 5.69 Å². The molecule has 1 atom stereocenters. The number of pyridine rings is 1. The topological polar surface area (TPSA) is 49.1 Å². The van der Waals surface area contributed by atoms with Gasteiger partial charge in [-0.25, -0.2) is 4.98 Å². The van der Waals surface area contributed by atoms with Crippen LogP contribution in [0.4, 0.5) is 5.69 Å². The molecule has 0 aliphatic carbocycles. The molecule has 0 fully saturated rings. The van der Waals surface area contributed by atoms with Crippen molar-refractivity contribution in [1.29, 1.82) is 5.26 Å². The smallest absolute Gasteiger partial charge is 0.143 e. The number of anilines is 1. The van der Waals surface area contributed by atoms with Crippen LogP contribution in [0, 0.1) is 11.3 Å². The van der Waals surface area contributed by atoms with Gasteiger partial charge in [-0.2, -0.15) is 5.26 Å². The number of methoxy groups -OCH3 is 1. The van der Waals surface area contributed by atoms with Crippen LogP contribution >= 0.6 is 22.6 Å². The summed E-state index contributed by atoms with van der Waals surface area (Å²) in [7, 11) is 3.70. The van der Waals surface area contributed by atoms with Gasteiger partial charge in [-0.05, 0) is 19.1 Å². The van der Waals surface area contributed by atoms with E-state index in [1.54, 1.807) is 7.11 Å². The first-order chi connectivity index (χ1) is 10.6. The van der Waals surface area contributed by atoms with Crippen LogP contribution in [-0.2, 0) is 4.74 Å². The number of nitriles is 1. The molecule has 0 bridgehead atoms. The minimum absolute atomic E-state index is 0.0303. The zero-order chi connectivity index (χ0) is 16.1. The molecule has 22 heavy (non-hydrogen) atoms. The van der Waals surface area contributed by atoms with Crippen molar-refractivity contribution < 1.29 is 4.74 Å². The Balaban J connectivity index is 2.62. The Morgan fingerprint density at radius 2 is 2.23 bits per heavy atom. The van der Waals surface area contributed by atoms with Gasteiger partial charge in [-0.1, -0.05) is 46.9 Å². The summed E-state index contributed by atoms with van der Waals surface area (Å²) in [6, 6.07) is 11.8. The number of alkyl halides is 1. The number of hydrogen-bond acceptors (Lipinski definition) is 4. The van der Waals surface area contributed by atoms with Crippen LogP contribution in [0.2, 0.25) is 0 Å². The third-order valence-corrected chi connectivity index (χ3v) is 4.05. The van der Waals surface area contributed by atoms with E-state index in [2.05, 4.69) is 44.6 Å². The second kappa shape index (κ2) is 7.56. The predicted octanol–water partition coefficient (Wildman–Crippen LogP) is 3.90. The number of rotatable bonds is 5. The molecule has 2 rings (SSSR count). The molecule has 5 heteroatoms. The van der Waals surface area contributed by atoms with Gasteiger partial charge in [0, 0.05) is 29.7 Å². The number of benzene rings is 1. The van der Waals surface area contributed by atoms with E-state index in [9.17, 15) is 5.26 Å². The lowest BCUT2D eigenvalue weighted by Gasteiger charge is -2.28. The number of halogens is 1. The normalized spacial score (nSPS) is 13.0. The molecule has 0 aliphatic rings. The van der Waals surface area contributed by atoms with Gasteiger partial charge in [-0.3, -0.25) is 0 Å². The van der Waals surface area contributed by atoms with Gasteiger partial charge in [-0.15, -0.1) is 0 Å². The summed E-state index contributed by atoms with van der Waals surface area (Å²) in [6.07, 6.45) is 2.10. The number of ether oxygens (including phenoxy) is 1. The Morgan fingerprint density at radius 3 is 2.86 bits per heavy atom. The van der Waals surface area contributed by atoms with Crippen LogP contribution in [0.25, 0.3) is 10.9 Å². The number of nitrogens with zero attached hydrogens (tertiary/aromatic N) is 3. The highest BCUT2D eigenvalue weighted by Gasteiger charge is 2.17. The average Bonchev–Trinajstić information content (AvgIpc) is 2.57. The number of fused-ring (bicyclic) bond motifs is 1. The van der Waals surface area contributed by atoms with Crippen molar-refractivity contribution in [1.82, 2.24) is 4.98 Å². The van der Waals surface area contributed by atoms with Crippen molar-refractivity contribution in [3.63, 3.8) is 0 Å². The second-order valence-electron chi connectivity index (χ2n) is 4.88. The first-order valence-corrected chi connectivity index (χ1v) is 8.47. The fraction of sp³-hybridized carbons (Fsp3) is 0.294. The molecule has 0 aliphatic heterocycles. The van der Waals surface area contributed by atoms with E-state index in [-0.39, 0.29) is 6.10 Å². The Bertz CT molecular complexity index is 736. The fourth-order valence-corrected chi connectivity index (χ4v) is 2.86. The fourth-order valence-electron chi connectivity index (χ4n) is 2.41. The van der Waals surface area contributed by atoms with Gasteiger partial charge < -0.3 is 9.64 Å². The summed E-state index contributed by atoms with van der Waals surface area (Å²) in [6.45, 7) is 2.02. The predicted molar refractivity (Wildman–Crippen MR) is 98.3 cm³/mol. The van der Waals surface area contributed by atoms with Crippen molar-refractivity contribution in [2.45, 2.75) is 13.0 Å². The molecule has 0 unspecified atom stereocenters. The average molecular weight is 407 g/mol. The maximum absolute atomic E-state index is 9.23. The number of para-hydroxylation sites is 1. The van der Waals surface area contributed by atoms with E-state index in [1.807, 2.05) is 44.3 Å². The maximum Gasteiger partial charge on any atom is 0.143 e. The first-order valence-electron chi connectivity index (χ1n) is 6.94. The van der Waals surface area contributed by atoms with Gasteiger partial charge in [0.2, 0.25) is 0 Å². The summed E-state index contributed by atoms with van der Waals surface area (Å²) in [4.78, 5) is 6.45. The number of aromatic nitrogens is 1. The van der Waals surface area contributed by atoms with Crippen molar-refractivity contribution in [3.05, 3.63) is 47.8 Å². The lowest BCUT2D eigenvalue weighted by Crippen LogP contribution is -2.26. The minimum atomic E-state index is -0.0303. The number of hydrogen-bond donors (Lipinski definition) is 0. The Morgan fingerprint density at radius 1 is 1.50 bits per heavy atom. The van der Waals surface area contributed by atoms with E-state index >= 15 is 0 Å². The molecule has 0 saturated heterocycles. The van der Waals surface area contributed by atoms with Gasteiger partial charge in [0.1, 0.15) is 11.8 Å². The first kappa shape index (κ1) is 16.7. The van der Waals surface area contributed by atoms with Crippen molar-refractivity contribution in [2.24, 2.45) is 0 Å². The summed E-state index contributed by atoms with van der Waals surface area (Å²) in [5, 5.41) is 10.2. The highest BCUT2D eigenvalue weighted by atomic mass is 127. The highest BCUT2D eigenvalue weighted by Crippen LogP contribution is 2.29. The molecule has 1 aromatic heterocycles. The largest absolute Gasteiger partial charge is 0.376 e. The second-order valence-corrected chi connectivity index (χ2v) is 5.76. The van der Waals surface area contributed by atoms with Crippen LogP contribution in [0.15, 0.2) is 42.1 Å². The minimum Gasteiger partial charge on any atom is -0.376 e. The van der Waals surface area contributed by atoms with Crippen molar-refractivity contribution in [3.8, 4) is 6.07 Å². The molecule has 1 aromatic carbocycles. The van der Waals surface area contributed by atoms with Crippen LogP contribution in [0.1, 0.15) is 12.6 Å². The Hall–Kier alpha value is -1.65. The molecule has 0 amide bonds. The SMILES string of the molecule is CO[C@@H](C)/C(=C\CI)N(C)c1cc(C#N)nc2ccccc12. The zero-order valence-electron chi connectivity index (χ0n) is 12.9. The molecular formula is C17H18IN3O. The number of likely N-dealkylation sites (N-methyl/N-ethyl adjacent to an activating group) is 1. The van der Waals surface area contributed by atoms with Crippen LogP contribution < -0.4 is 4.90 Å².